The Hall–Kier alpha value is -3.33. The summed E-state index contributed by atoms with van der Waals surface area (Å²) in [6, 6.07) is 0.836. The number of ketones is 1. The SMILES string of the molecule is [2H]C1([2H])CCC([2H])([2H])C1n1c(=O)c(C(C)=O)c(C)c2cnc(Nc3ccc(N4C([2H])([2H])C([2H])([2H])NC([2H])([2H])C4([2H])[2H])cn3)nc21. The highest BCUT2D eigenvalue weighted by Gasteiger charge is 2.25. The molecule has 2 aliphatic rings. The van der Waals surface area contributed by atoms with Crippen LogP contribution in [0.3, 0.4) is 0 Å². The van der Waals surface area contributed by atoms with Crippen molar-refractivity contribution in [2.75, 3.05) is 36.2 Å². The van der Waals surface area contributed by atoms with E-state index < -0.39 is 56.1 Å². The zero-order chi connectivity index (χ0) is 33.7. The van der Waals surface area contributed by atoms with Gasteiger partial charge in [0.05, 0.1) is 22.9 Å². The molecule has 1 saturated carbocycles. The number of piperazine rings is 1. The Morgan fingerprint density at radius 3 is 2.61 bits per heavy atom. The zero-order valence-electron chi connectivity index (χ0n) is 29.9. The average Bonchev–Trinajstić information content (AvgIpc) is 3.10. The van der Waals surface area contributed by atoms with Gasteiger partial charge in [0.1, 0.15) is 11.5 Å². The quantitative estimate of drug-likeness (QED) is 0.561. The number of aryl methyl sites for hydroxylation is 1. The highest BCUT2D eigenvalue weighted by molar-refractivity contribution is 5.99. The fourth-order valence-electron chi connectivity index (χ4n) is 3.78. The van der Waals surface area contributed by atoms with Crippen molar-refractivity contribution in [2.24, 2.45) is 0 Å². The fourth-order valence-corrected chi connectivity index (χ4v) is 3.78. The van der Waals surface area contributed by atoms with Crippen LogP contribution in [0.25, 0.3) is 11.0 Å². The third-order valence-corrected chi connectivity index (χ3v) is 5.33. The van der Waals surface area contributed by atoms with Crippen LogP contribution in [0.2, 0.25) is 0 Å². The van der Waals surface area contributed by atoms with Crippen LogP contribution in [0.4, 0.5) is 17.5 Å². The summed E-state index contributed by atoms with van der Waals surface area (Å²) in [4.78, 5) is 39.2. The van der Waals surface area contributed by atoms with Gasteiger partial charge in [0.15, 0.2) is 5.78 Å². The van der Waals surface area contributed by atoms with E-state index in [2.05, 4.69) is 20.3 Å². The Balaban J connectivity index is 1.59. The van der Waals surface area contributed by atoms with Gasteiger partial charge in [-0.3, -0.25) is 14.2 Å². The van der Waals surface area contributed by atoms with E-state index in [9.17, 15) is 9.59 Å². The van der Waals surface area contributed by atoms with Crippen LogP contribution in [0, 0.1) is 6.92 Å². The Morgan fingerprint density at radius 1 is 1.18 bits per heavy atom. The van der Waals surface area contributed by atoms with Crippen molar-refractivity contribution in [1.82, 2.24) is 24.8 Å². The summed E-state index contributed by atoms with van der Waals surface area (Å²) in [5, 5.41) is 4.75. The molecule has 3 aromatic rings. The molecule has 0 amide bonds. The van der Waals surface area contributed by atoms with E-state index in [1.165, 1.54) is 32.2 Å². The molecule has 5 rings (SSSR count). The Labute approximate surface area is 209 Å². The molecule has 4 heterocycles. The number of pyridine rings is 2. The molecule has 0 atom stereocenters. The van der Waals surface area contributed by atoms with Crippen LogP contribution in [0.1, 0.15) is 70.9 Å². The van der Waals surface area contributed by atoms with Crippen molar-refractivity contribution in [3.05, 3.63) is 46.0 Å². The van der Waals surface area contributed by atoms with Crippen molar-refractivity contribution >= 4 is 34.3 Å². The molecule has 172 valence electrons. The molecule has 1 saturated heterocycles. The molecular formula is C24H29N7O2. The van der Waals surface area contributed by atoms with Gasteiger partial charge >= 0.3 is 0 Å². The molecule has 2 fully saturated rings. The maximum absolute atomic E-state index is 13.7. The second kappa shape index (κ2) is 8.90. The van der Waals surface area contributed by atoms with Gasteiger partial charge in [-0.15, -0.1) is 0 Å². The summed E-state index contributed by atoms with van der Waals surface area (Å²) in [5.74, 6) is -0.721. The largest absolute Gasteiger partial charge is 0.368 e. The van der Waals surface area contributed by atoms with E-state index in [0.29, 0.717) is 4.90 Å². The van der Waals surface area contributed by atoms with Crippen LogP contribution in [0.15, 0.2) is 29.3 Å². The monoisotopic (exact) mass is 459 g/mol. The first-order valence-electron chi connectivity index (χ1n) is 16.2. The Bertz CT molecular complexity index is 1720. The van der Waals surface area contributed by atoms with Crippen molar-refractivity contribution in [3.63, 3.8) is 0 Å². The number of Topliss-reactive ketones (excluding diaryl/α,β-unsaturated/α-hetero) is 1. The van der Waals surface area contributed by atoms with E-state index >= 15 is 0 Å². The Morgan fingerprint density at radius 2 is 1.94 bits per heavy atom. The summed E-state index contributed by atoms with van der Waals surface area (Å²) >= 11 is 0. The molecule has 0 radical (unpaired) electrons. The predicted octanol–water partition coefficient (Wildman–Crippen LogP) is 2.97. The zero-order valence-corrected chi connectivity index (χ0v) is 17.9. The molecule has 0 aromatic carbocycles. The van der Waals surface area contributed by atoms with Gasteiger partial charge in [-0.1, -0.05) is 12.8 Å². The van der Waals surface area contributed by atoms with Crippen LogP contribution >= 0.6 is 0 Å². The number of rotatable bonds is 5. The number of anilines is 3. The van der Waals surface area contributed by atoms with Crippen LogP contribution in [-0.2, 0) is 0 Å². The van der Waals surface area contributed by atoms with Gasteiger partial charge in [-0.25, -0.2) is 9.97 Å². The highest BCUT2D eigenvalue weighted by atomic mass is 16.1. The minimum Gasteiger partial charge on any atom is -0.368 e. The van der Waals surface area contributed by atoms with E-state index in [0.717, 1.165) is 10.8 Å². The summed E-state index contributed by atoms with van der Waals surface area (Å²) in [6.07, 6.45) is -2.34. The molecule has 3 aromatic heterocycles. The molecule has 0 bridgehead atoms. The van der Waals surface area contributed by atoms with Crippen LogP contribution < -0.4 is 21.1 Å². The summed E-state index contributed by atoms with van der Waals surface area (Å²) in [6.45, 7) is -9.42. The number of fused-ring (bicyclic) bond motifs is 1. The standard InChI is InChI=1S/C24H29N7O2/c1-15-19-14-27-24(28-20-8-7-18(13-26-20)30-11-9-25-10-12-30)29-22(19)31(17-5-3-4-6-17)23(33)21(15)16(2)32/h7-8,13-14,17,25H,3-6,9-12H2,1-2H3,(H,26,27,28,29)/i5D2,6D2,9D2,10D2,11D2,12D2. The molecule has 2 N–H and O–H groups in total. The van der Waals surface area contributed by atoms with Gasteiger partial charge < -0.3 is 15.5 Å². The maximum Gasteiger partial charge on any atom is 0.263 e. The first-order valence-corrected chi connectivity index (χ1v) is 10.2. The van der Waals surface area contributed by atoms with Crippen molar-refractivity contribution in [1.29, 1.82) is 0 Å². The second-order valence-electron chi connectivity index (χ2n) is 7.43. The summed E-state index contributed by atoms with van der Waals surface area (Å²) < 4.78 is 99.9. The molecular weight excluding hydrogens is 418 g/mol. The van der Waals surface area contributed by atoms with E-state index in [4.69, 9.17) is 16.4 Å². The molecule has 0 spiro atoms. The molecule has 33 heavy (non-hydrogen) atoms. The Kier molecular flexibility index (Phi) is 3.15. The molecule has 1 aliphatic heterocycles. The molecule has 9 nitrogen and oxygen atoms in total. The lowest BCUT2D eigenvalue weighted by molar-refractivity contribution is 0.101. The van der Waals surface area contributed by atoms with E-state index in [1.807, 2.05) is 0 Å². The van der Waals surface area contributed by atoms with E-state index in [-0.39, 0.29) is 52.5 Å². The maximum atomic E-state index is 13.7. The number of nitrogens with zero attached hydrogens (tertiary/aromatic N) is 5. The topological polar surface area (TPSA) is 105 Å². The van der Waals surface area contributed by atoms with Gasteiger partial charge in [0.25, 0.3) is 5.56 Å². The van der Waals surface area contributed by atoms with Crippen LogP contribution in [-0.4, -0.2) is 51.3 Å². The first kappa shape index (κ1) is 11.7. The third kappa shape index (κ3) is 4.08. The number of nitrogens with one attached hydrogen (secondary N) is 2. The minimum absolute atomic E-state index is 0.0258. The lowest BCUT2D eigenvalue weighted by Gasteiger charge is -2.29. The van der Waals surface area contributed by atoms with Gasteiger partial charge in [0, 0.05) is 54.6 Å². The normalized spacial score (nSPS) is 31.5. The smallest absolute Gasteiger partial charge is 0.263 e. The summed E-state index contributed by atoms with van der Waals surface area (Å²) in [7, 11) is 0. The van der Waals surface area contributed by atoms with Gasteiger partial charge in [0.2, 0.25) is 5.95 Å². The third-order valence-electron chi connectivity index (χ3n) is 5.33. The summed E-state index contributed by atoms with van der Waals surface area (Å²) in [5.41, 5.74) is -1.28. The number of hydrogen-bond acceptors (Lipinski definition) is 8. The van der Waals surface area contributed by atoms with Crippen LogP contribution in [0.5, 0.6) is 0 Å². The molecule has 9 heteroatoms. The predicted molar refractivity (Wildman–Crippen MR) is 129 cm³/mol. The lowest BCUT2D eigenvalue weighted by atomic mass is 10.0. The van der Waals surface area contributed by atoms with E-state index in [1.54, 1.807) is 5.32 Å². The lowest BCUT2D eigenvalue weighted by Crippen LogP contribution is -2.43. The molecule has 1 aliphatic carbocycles. The number of hydrogen-bond donors (Lipinski definition) is 2. The first-order chi connectivity index (χ1) is 20.5. The fraction of sp³-hybridized carbons (Fsp3) is 0.458. The van der Waals surface area contributed by atoms with Crippen molar-refractivity contribution in [3.8, 4) is 0 Å². The van der Waals surface area contributed by atoms with Gasteiger partial charge in [-0.05, 0) is 44.3 Å². The van der Waals surface area contributed by atoms with Crippen molar-refractivity contribution < 1.29 is 21.2 Å². The average molecular weight is 460 g/mol. The second-order valence-corrected chi connectivity index (χ2v) is 7.43. The number of carbonyl (C=O) groups is 1. The van der Waals surface area contributed by atoms with Gasteiger partial charge in [-0.2, -0.15) is 4.98 Å². The number of carbonyl (C=O) groups excluding carboxylic acids is 1. The number of aromatic nitrogens is 4. The minimum atomic E-state index is -3.06. The molecule has 0 unspecified atom stereocenters. The highest BCUT2D eigenvalue weighted by Crippen LogP contribution is 2.32. The van der Waals surface area contributed by atoms with Crippen molar-refractivity contribution in [2.45, 2.75) is 45.5 Å².